The van der Waals surface area contributed by atoms with Gasteiger partial charge in [-0.2, -0.15) is 0 Å². The molecule has 1 nitrogen and oxygen atoms in total. The average Bonchev–Trinajstić information content (AvgIpc) is 2.29. The summed E-state index contributed by atoms with van der Waals surface area (Å²) in [5.74, 6) is 0. The first kappa shape index (κ1) is 6.66. The molecule has 0 heterocycles. The fourth-order valence-corrected chi connectivity index (χ4v) is 1.61. The summed E-state index contributed by atoms with van der Waals surface area (Å²) in [6, 6.07) is 1.73. The van der Waals surface area contributed by atoms with Crippen LogP contribution in [0.1, 0.15) is 39.5 Å². The summed E-state index contributed by atoms with van der Waals surface area (Å²) in [6.07, 6.45) is 5.69. The first-order chi connectivity index (χ1) is 4.68. The lowest BCUT2D eigenvalue weighted by Crippen LogP contribution is -2.38. The molecule has 0 aromatic heterocycles. The third-order valence-electron chi connectivity index (χ3n) is 3.06. The normalized spacial score (nSPS) is 37.2. The van der Waals surface area contributed by atoms with Crippen LogP contribution < -0.4 is 5.32 Å². The summed E-state index contributed by atoms with van der Waals surface area (Å²) in [5.41, 5.74) is 0.621. The SMILES string of the molecule is CC1(C)CC1NC1CCC1. The molecule has 1 unspecified atom stereocenters. The molecule has 0 spiro atoms. The highest BCUT2D eigenvalue weighted by molar-refractivity contribution is 5.03. The molecule has 2 fully saturated rings. The second-order valence-corrected chi connectivity index (χ2v) is 4.54. The van der Waals surface area contributed by atoms with Crippen molar-refractivity contribution in [2.75, 3.05) is 0 Å². The zero-order valence-electron chi connectivity index (χ0n) is 6.98. The van der Waals surface area contributed by atoms with Crippen LogP contribution in [-0.4, -0.2) is 12.1 Å². The molecule has 10 heavy (non-hydrogen) atoms. The molecule has 1 heteroatoms. The topological polar surface area (TPSA) is 12.0 Å². The van der Waals surface area contributed by atoms with Crippen molar-refractivity contribution in [3.8, 4) is 0 Å². The van der Waals surface area contributed by atoms with Gasteiger partial charge < -0.3 is 5.32 Å². The van der Waals surface area contributed by atoms with Crippen LogP contribution in [0.5, 0.6) is 0 Å². The average molecular weight is 139 g/mol. The Morgan fingerprint density at radius 3 is 2.20 bits per heavy atom. The Kier molecular flexibility index (Phi) is 1.31. The molecule has 0 bridgehead atoms. The summed E-state index contributed by atoms with van der Waals surface area (Å²) in [4.78, 5) is 0. The van der Waals surface area contributed by atoms with E-state index in [1.54, 1.807) is 0 Å². The highest BCUT2D eigenvalue weighted by Gasteiger charge is 2.46. The standard InChI is InChI=1S/C9H17N/c1-9(2)6-8(9)10-7-4-3-5-7/h7-8,10H,3-6H2,1-2H3. The van der Waals surface area contributed by atoms with Crippen LogP contribution in [0.15, 0.2) is 0 Å². The van der Waals surface area contributed by atoms with Crippen LogP contribution in [0.25, 0.3) is 0 Å². The zero-order chi connectivity index (χ0) is 7.19. The predicted molar refractivity (Wildman–Crippen MR) is 43.0 cm³/mol. The van der Waals surface area contributed by atoms with E-state index in [4.69, 9.17) is 0 Å². The minimum atomic E-state index is 0.621. The van der Waals surface area contributed by atoms with Crippen LogP contribution in [0.3, 0.4) is 0 Å². The van der Waals surface area contributed by atoms with Crippen LogP contribution >= 0.6 is 0 Å². The second-order valence-electron chi connectivity index (χ2n) is 4.54. The van der Waals surface area contributed by atoms with Crippen LogP contribution in [0.2, 0.25) is 0 Å². The van der Waals surface area contributed by atoms with Crippen molar-refractivity contribution < 1.29 is 0 Å². The molecule has 1 N–H and O–H groups in total. The highest BCUT2D eigenvalue weighted by atomic mass is 15.0. The fraction of sp³-hybridized carbons (Fsp3) is 1.00. The van der Waals surface area contributed by atoms with E-state index in [-0.39, 0.29) is 0 Å². The van der Waals surface area contributed by atoms with Crippen LogP contribution in [0, 0.1) is 5.41 Å². The van der Waals surface area contributed by atoms with E-state index >= 15 is 0 Å². The minimum absolute atomic E-state index is 0.621. The third kappa shape index (κ3) is 1.07. The molecule has 0 saturated heterocycles. The van der Waals surface area contributed by atoms with Crippen molar-refractivity contribution in [1.82, 2.24) is 5.32 Å². The van der Waals surface area contributed by atoms with E-state index in [0.29, 0.717) is 5.41 Å². The number of nitrogens with one attached hydrogen (secondary N) is 1. The van der Waals surface area contributed by atoms with Crippen molar-refractivity contribution in [2.24, 2.45) is 5.41 Å². The molecule has 1 atom stereocenters. The molecular weight excluding hydrogens is 122 g/mol. The van der Waals surface area contributed by atoms with Gasteiger partial charge in [-0.3, -0.25) is 0 Å². The Morgan fingerprint density at radius 1 is 1.30 bits per heavy atom. The van der Waals surface area contributed by atoms with Gasteiger partial charge in [-0.15, -0.1) is 0 Å². The van der Waals surface area contributed by atoms with E-state index in [2.05, 4.69) is 19.2 Å². The lowest BCUT2D eigenvalue weighted by molar-refractivity contribution is 0.323. The zero-order valence-corrected chi connectivity index (χ0v) is 6.98. The summed E-state index contributed by atoms with van der Waals surface area (Å²) in [6.45, 7) is 4.70. The van der Waals surface area contributed by atoms with Crippen molar-refractivity contribution in [3.63, 3.8) is 0 Å². The van der Waals surface area contributed by atoms with Gasteiger partial charge >= 0.3 is 0 Å². The molecule has 0 aromatic carbocycles. The maximum atomic E-state index is 3.68. The van der Waals surface area contributed by atoms with Gasteiger partial charge in [0.15, 0.2) is 0 Å². The number of hydrogen-bond donors (Lipinski definition) is 1. The Balaban J connectivity index is 1.73. The second kappa shape index (κ2) is 1.97. The molecule has 58 valence electrons. The molecule has 0 amide bonds. The first-order valence-corrected chi connectivity index (χ1v) is 4.44. The molecular formula is C9H17N. The maximum Gasteiger partial charge on any atom is 0.0127 e. The molecule has 2 rings (SSSR count). The predicted octanol–water partition coefficient (Wildman–Crippen LogP) is 1.93. The Labute approximate surface area is 63.2 Å². The van der Waals surface area contributed by atoms with Gasteiger partial charge in [-0.1, -0.05) is 20.3 Å². The van der Waals surface area contributed by atoms with Gasteiger partial charge in [0.05, 0.1) is 0 Å². The Hall–Kier alpha value is -0.0400. The first-order valence-electron chi connectivity index (χ1n) is 4.44. The minimum Gasteiger partial charge on any atom is -0.311 e. The van der Waals surface area contributed by atoms with Crippen molar-refractivity contribution in [3.05, 3.63) is 0 Å². The van der Waals surface area contributed by atoms with Gasteiger partial charge in [0.25, 0.3) is 0 Å². The van der Waals surface area contributed by atoms with Crippen LogP contribution in [0.4, 0.5) is 0 Å². The number of hydrogen-bond acceptors (Lipinski definition) is 1. The summed E-state index contributed by atoms with van der Waals surface area (Å²) < 4.78 is 0. The fourth-order valence-electron chi connectivity index (χ4n) is 1.61. The summed E-state index contributed by atoms with van der Waals surface area (Å²) in [7, 11) is 0. The monoisotopic (exact) mass is 139 g/mol. The van der Waals surface area contributed by atoms with E-state index in [1.807, 2.05) is 0 Å². The van der Waals surface area contributed by atoms with Crippen molar-refractivity contribution in [2.45, 2.75) is 51.6 Å². The third-order valence-corrected chi connectivity index (χ3v) is 3.06. The van der Waals surface area contributed by atoms with Gasteiger partial charge in [0.1, 0.15) is 0 Å². The molecule has 2 aliphatic rings. The quantitative estimate of drug-likeness (QED) is 0.616. The molecule has 2 saturated carbocycles. The van der Waals surface area contributed by atoms with Gasteiger partial charge in [0, 0.05) is 12.1 Å². The van der Waals surface area contributed by atoms with E-state index in [0.717, 1.165) is 12.1 Å². The Bertz CT molecular complexity index is 136. The summed E-state index contributed by atoms with van der Waals surface area (Å²) in [5, 5.41) is 3.68. The largest absolute Gasteiger partial charge is 0.311 e. The molecule has 0 aliphatic heterocycles. The lowest BCUT2D eigenvalue weighted by Gasteiger charge is -2.27. The van der Waals surface area contributed by atoms with Gasteiger partial charge in [-0.25, -0.2) is 0 Å². The van der Waals surface area contributed by atoms with Crippen molar-refractivity contribution in [1.29, 1.82) is 0 Å². The van der Waals surface area contributed by atoms with E-state index in [9.17, 15) is 0 Å². The molecule has 0 aromatic rings. The van der Waals surface area contributed by atoms with E-state index < -0.39 is 0 Å². The highest BCUT2D eigenvalue weighted by Crippen LogP contribution is 2.45. The Morgan fingerprint density at radius 2 is 1.90 bits per heavy atom. The van der Waals surface area contributed by atoms with Crippen LogP contribution in [-0.2, 0) is 0 Å². The number of rotatable bonds is 2. The maximum absolute atomic E-state index is 3.68. The lowest BCUT2D eigenvalue weighted by atomic mass is 9.93. The molecule has 2 aliphatic carbocycles. The van der Waals surface area contributed by atoms with E-state index in [1.165, 1.54) is 25.7 Å². The summed E-state index contributed by atoms with van der Waals surface area (Å²) >= 11 is 0. The van der Waals surface area contributed by atoms with Crippen molar-refractivity contribution >= 4 is 0 Å². The van der Waals surface area contributed by atoms with Gasteiger partial charge in [0.2, 0.25) is 0 Å². The van der Waals surface area contributed by atoms with Gasteiger partial charge in [-0.05, 0) is 24.7 Å². The molecule has 0 radical (unpaired) electrons. The smallest absolute Gasteiger partial charge is 0.0127 e.